The number of nitrogens with one attached hydrogen (secondary N) is 1. The maximum Gasteiger partial charge on any atom is 0.252 e. The molecule has 0 bridgehead atoms. The number of primary amides is 1. The van der Waals surface area contributed by atoms with Crippen LogP contribution in [-0.4, -0.2) is 18.4 Å². The van der Waals surface area contributed by atoms with Crippen LogP contribution in [0.5, 0.6) is 5.75 Å². The van der Waals surface area contributed by atoms with E-state index in [1.54, 1.807) is 18.2 Å². The van der Waals surface area contributed by atoms with Gasteiger partial charge in [0.1, 0.15) is 5.75 Å². The number of nitrogens with two attached hydrogens (primary N) is 1. The molecule has 142 valence electrons. The summed E-state index contributed by atoms with van der Waals surface area (Å²) in [7, 11) is 0. The standard InChI is InChI=1S/C23H22N2O3/c1-2-28-20-13-11-17(12-14-20)21(16-7-4-3-5-8-16)25-23(27)19-10-6-9-18(15-19)22(24)26/h3-15,21H,2H2,1H3,(H2,24,26)(H,25,27)/t21-/m0/s1. The van der Waals surface area contributed by atoms with Gasteiger partial charge in [0.05, 0.1) is 12.6 Å². The van der Waals surface area contributed by atoms with Gasteiger partial charge in [-0.2, -0.15) is 0 Å². The summed E-state index contributed by atoms with van der Waals surface area (Å²) in [5, 5.41) is 3.05. The molecule has 5 heteroatoms. The van der Waals surface area contributed by atoms with E-state index < -0.39 is 5.91 Å². The molecule has 0 aliphatic rings. The first-order valence-electron chi connectivity index (χ1n) is 9.07. The zero-order chi connectivity index (χ0) is 19.9. The van der Waals surface area contributed by atoms with Gasteiger partial charge in [-0.15, -0.1) is 0 Å². The highest BCUT2D eigenvalue weighted by Gasteiger charge is 2.18. The molecule has 0 heterocycles. The van der Waals surface area contributed by atoms with E-state index in [0.29, 0.717) is 17.7 Å². The largest absolute Gasteiger partial charge is 0.494 e. The van der Waals surface area contributed by atoms with E-state index in [-0.39, 0.29) is 11.9 Å². The minimum absolute atomic E-state index is 0.286. The molecule has 0 spiro atoms. The number of amides is 2. The summed E-state index contributed by atoms with van der Waals surface area (Å²) in [6.07, 6.45) is 0. The quantitative estimate of drug-likeness (QED) is 0.661. The van der Waals surface area contributed by atoms with Gasteiger partial charge in [0.2, 0.25) is 5.91 Å². The van der Waals surface area contributed by atoms with Crippen LogP contribution in [0.1, 0.15) is 44.8 Å². The molecule has 5 nitrogen and oxygen atoms in total. The molecule has 3 N–H and O–H groups in total. The Morgan fingerprint density at radius 2 is 1.54 bits per heavy atom. The van der Waals surface area contributed by atoms with Gasteiger partial charge in [-0.05, 0) is 48.4 Å². The number of hydrogen-bond acceptors (Lipinski definition) is 3. The second-order valence-corrected chi connectivity index (χ2v) is 6.26. The first-order chi connectivity index (χ1) is 13.6. The third-order valence-electron chi connectivity index (χ3n) is 4.34. The molecular formula is C23H22N2O3. The van der Waals surface area contributed by atoms with E-state index in [4.69, 9.17) is 10.5 Å². The van der Waals surface area contributed by atoms with E-state index in [2.05, 4.69) is 5.32 Å². The van der Waals surface area contributed by atoms with Gasteiger partial charge in [-0.25, -0.2) is 0 Å². The molecular weight excluding hydrogens is 352 g/mol. The molecule has 0 aromatic heterocycles. The minimum atomic E-state index is -0.569. The molecule has 3 aromatic rings. The molecule has 0 saturated heterocycles. The van der Waals surface area contributed by atoms with E-state index >= 15 is 0 Å². The van der Waals surface area contributed by atoms with E-state index in [0.717, 1.165) is 16.9 Å². The Morgan fingerprint density at radius 1 is 0.893 bits per heavy atom. The van der Waals surface area contributed by atoms with Crippen molar-refractivity contribution in [2.75, 3.05) is 6.61 Å². The first kappa shape index (κ1) is 19.2. The summed E-state index contributed by atoms with van der Waals surface area (Å²) in [6, 6.07) is 23.4. The van der Waals surface area contributed by atoms with Crippen molar-refractivity contribution in [2.45, 2.75) is 13.0 Å². The van der Waals surface area contributed by atoms with Crippen LogP contribution >= 0.6 is 0 Å². The van der Waals surface area contributed by atoms with Crippen LogP contribution in [0.4, 0.5) is 0 Å². The summed E-state index contributed by atoms with van der Waals surface area (Å²) in [4.78, 5) is 24.3. The molecule has 0 radical (unpaired) electrons. The topological polar surface area (TPSA) is 81.4 Å². The van der Waals surface area contributed by atoms with Crippen molar-refractivity contribution in [1.29, 1.82) is 0 Å². The summed E-state index contributed by atoms with van der Waals surface area (Å²) in [5.41, 5.74) is 7.87. The fraction of sp³-hybridized carbons (Fsp3) is 0.130. The molecule has 3 aromatic carbocycles. The number of benzene rings is 3. The third kappa shape index (κ3) is 4.57. The van der Waals surface area contributed by atoms with Crippen molar-refractivity contribution in [3.05, 3.63) is 101 Å². The number of carbonyl (C=O) groups excluding carboxylic acids is 2. The third-order valence-corrected chi connectivity index (χ3v) is 4.34. The molecule has 0 aliphatic heterocycles. The molecule has 0 fully saturated rings. The highest BCUT2D eigenvalue weighted by Crippen LogP contribution is 2.25. The summed E-state index contributed by atoms with van der Waals surface area (Å²) in [6.45, 7) is 2.52. The van der Waals surface area contributed by atoms with Crippen LogP contribution in [0.3, 0.4) is 0 Å². The smallest absolute Gasteiger partial charge is 0.252 e. The SMILES string of the molecule is CCOc1ccc([C@@H](NC(=O)c2cccc(C(N)=O)c2)c2ccccc2)cc1. The fourth-order valence-electron chi connectivity index (χ4n) is 2.96. The van der Waals surface area contributed by atoms with Gasteiger partial charge in [0.25, 0.3) is 5.91 Å². The molecule has 2 amide bonds. The number of rotatable bonds is 7. The second-order valence-electron chi connectivity index (χ2n) is 6.26. The van der Waals surface area contributed by atoms with Gasteiger partial charge in [0, 0.05) is 11.1 Å². The lowest BCUT2D eigenvalue weighted by Gasteiger charge is -2.20. The fourth-order valence-corrected chi connectivity index (χ4v) is 2.96. The van der Waals surface area contributed by atoms with Crippen molar-refractivity contribution in [3.63, 3.8) is 0 Å². The zero-order valence-electron chi connectivity index (χ0n) is 15.6. The van der Waals surface area contributed by atoms with Crippen LogP contribution in [0, 0.1) is 0 Å². The van der Waals surface area contributed by atoms with Crippen molar-refractivity contribution in [2.24, 2.45) is 5.73 Å². The van der Waals surface area contributed by atoms with Crippen molar-refractivity contribution in [1.82, 2.24) is 5.32 Å². The Morgan fingerprint density at radius 3 is 2.18 bits per heavy atom. The Balaban J connectivity index is 1.90. The first-order valence-corrected chi connectivity index (χ1v) is 9.07. The van der Waals surface area contributed by atoms with E-state index in [9.17, 15) is 9.59 Å². The van der Waals surface area contributed by atoms with Crippen LogP contribution in [0.2, 0.25) is 0 Å². The van der Waals surface area contributed by atoms with Crippen molar-refractivity contribution in [3.8, 4) is 5.75 Å². The zero-order valence-corrected chi connectivity index (χ0v) is 15.6. The number of hydrogen-bond donors (Lipinski definition) is 2. The van der Waals surface area contributed by atoms with Gasteiger partial charge in [-0.3, -0.25) is 9.59 Å². The highest BCUT2D eigenvalue weighted by atomic mass is 16.5. The molecule has 1 atom stereocenters. The van der Waals surface area contributed by atoms with Crippen LogP contribution in [-0.2, 0) is 0 Å². The Hall–Kier alpha value is -3.60. The Labute approximate surface area is 164 Å². The number of ether oxygens (including phenoxy) is 1. The van der Waals surface area contributed by atoms with Crippen LogP contribution in [0.25, 0.3) is 0 Å². The van der Waals surface area contributed by atoms with Gasteiger partial charge in [0.15, 0.2) is 0 Å². The van der Waals surface area contributed by atoms with Crippen LogP contribution in [0.15, 0.2) is 78.9 Å². The summed E-state index contributed by atoms with van der Waals surface area (Å²) in [5.74, 6) is -0.0786. The van der Waals surface area contributed by atoms with Gasteiger partial charge >= 0.3 is 0 Å². The predicted molar refractivity (Wildman–Crippen MR) is 108 cm³/mol. The Kier molecular flexibility index (Phi) is 6.07. The molecule has 0 saturated carbocycles. The van der Waals surface area contributed by atoms with Crippen molar-refractivity contribution >= 4 is 11.8 Å². The summed E-state index contributed by atoms with van der Waals surface area (Å²) >= 11 is 0. The second kappa shape index (κ2) is 8.86. The molecule has 0 unspecified atom stereocenters. The molecule has 3 rings (SSSR count). The summed E-state index contributed by atoms with van der Waals surface area (Å²) < 4.78 is 5.50. The van der Waals surface area contributed by atoms with Gasteiger partial charge < -0.3 is 15.8 Å². The van der Waals surface area contributed by atoms with E-state index in [1.807, 2.05) is 61.5 Å². The lowest BCUT2D eigenvalue weighted by molar-refractivity contribution is 0.0943. The lowest BCUT2D eigenvalue weighted by atomic mass is 9.98. The van der Waals surface area contributed by atoms with Crippen LogP contribution < -0.4 is 15.8 Å². The molecule has 0 aliphatic carbocycles. The predicted octanol–water partition coefficient (Wildman–Crippen LogP) is 3.70. The highest BCUT2D eigenvalue weighted by molar-refractivity contribution is 5.99. The maximum atomic E-state index is 12.9. The van der Waals surface area contributed by atoms with Crippen molar-refractivity contribution < 1.29 is 14.3 Å². The average molecular weight is 374 g/mol. The Bertz CT molecular complexity index is 953. The molecule has 28 heavy (non-hydrogen) atoms. The normalized spacial score (nSPS) is 11.5. The minimum Gasteiger partial charge on any atom is -0.494 e. The van der Waals surface area contributed by atoms with Gasteiger partial charge in [-0.1, -0.05) is 48.5 Å². The monoisotopic (exact) mass is 374 g/mol. The average Bonchev–Trinajstić information content (AvgIpc) is 2.73. The lowest BCUT2D eigenvalue weighted by Crippen LogP contribution is -2.29. The number of carbonyl (C=O) groups is 2. The van der Waals surface area contributed by atoms with E-state index in [1.165, 1.54) is 6.07 Å². The maximum absolute atomic E-state index is 12.9.